The highest BCUT2D eigenvalue weighted by Crippen LogP contribution is 2.16. The number of nitrogens with zero attached hydrogens (tertiary/aromatic N) is 3. The fourth-order valence-corrected chi connectivity index (χ4v) is 1.90. The van der Waals surface area contributed by atoms with E-state index in [-0.39, 0.29) is 19.6 Å². The zero-order chi connectivity index (χ0) is 18.4. The van der Waals surface area contributed by atoms with E-state index in [9.17, 15) is 29.1 Å². The number of aliphatic hydroxyl groups excluding tert-OH is 1. The number of imide groups is 1. The molecular formula is C13H19N3O8. The number of aliphatic hydroxyl groups is 1. The molecule has 4 amide bonds. The number of carbonyl (C=O) groups is 5. The smallest absolute Gasteiger partial charge is 0.338 e. The highest BCUT2D eigenvalue weighted by molar-refractivity contribution is 6.05. The van der Waals surface area contributed by atoms with Crippen LogP contribution in [0.3, 0.4) is 0 Å². The van der Waals surface area contributed by atoms with E-state index in [1.165, 1.54) is 14.1 Å². The Bertz CT molecular complexity index is 547. The first-order valence-corrected chi connectivity index (χ1v) is 7.06. The average molecular weight is 345 g/mol. The van der Waals surface area contributed by atoms with Crippen molar-refractivity contribution in [3.63, 3.8) is 0 Å². The number of carboxylic acid groups (broad SMARTS) is 1. The third-order valence-corrected chi connectivity index (χ3v) is 3.05. The fraction of sp³-hybridized carbons (Fsp3) is 0.615. The Hall–Kier alpha value is -2.69. The van der Waals surface area contributed by atoms with Crippen molar-refractivity contribution in [1.82, 2.24) is 14.9 Å². The number of carboxylic acids is 1. The lowest BCUT2D eigenvalue weighted by Crippen LogP contribution is -2.54. The summed E-state index contributed by atoms with van der Waals surface area (Å²) >= 11 is 0. The van der Waals surface area contributed by atoms with Gasteiger partial charge in [0.1, 0.15) is 12.7 Å². The van der Waals surface area contributed by atoms with Crippen molar-refractivity contribution in [2.45, 2.75) is 25.4 Å². The molecule has 1 aliphatic heterocycles. The van der Waals surface area contributed by atoms with Gasteiger partial charge in [-0.3, -0.25) is 19.2 Å². The number of urea groups is 1. The van der Waals surface area contributed by atoms with Crippen LogP contribution < -0.4 is 0 Å². The third-order valence-electron chi connectivity index (χ3n) is 3.05. The second kappa shape index (κ2) is 8.24. The first kappa shape index (κ1) is 19.4. The highest BCUT2D eigenvalue weighted by Gasteiger charge is 2.43. The molecule has 11 heteroatoms. The molecule has 0 spiro atoms. The van der Waals surface area contributed by atoms with Gasteiger partial charge in [-0.1, -0.05) is 0 Å². The molecule has 2 N–H and O–H groups in total. The van der Waals surface area contributed by atoms with Crippen LogP contribution in [-0.2, 0) is 23.9 Å². The molecule has 0 bridgehead atoms. The molecule has 1 fully saturated rings. The van der Waals surface area contributed by atoms with E-state index in [1.54, 1.807) is 0 Å². The summed E-state index contributed by atoms with van der Waals surface area (Å²) in [7, 11) is 2.80. The van der Waals surface area contributed by atoms with Crippen LogP contribution in [0.5, 0.6) is 0 Å². The molecule has 24 heavy (non-hydrogen) atoms. The molecular weight excluding hydrogens is 326 g/mol. The predicted octanol–water partition coefficient (Wildman–Crippen LogP) is -1.59. The van der Waals surface area contributed by atoms with Gasteiger partial charge in [-0.2, -0.15) is 5.01 Å². The van der Waals surface area contributed by atoms with Crippen LogP contribution in [0.2, 0.25) is 0 Å². The zero-order valence-corrected chi connectivity index (χ0v) is 13.3. The molecule has 1 heterocycles. The van der Waals surface area contributed by atoms with Crippen molar-refractivity contribution in [2.75, 3.05) is 27.2 Å². The summed E-state index contributed by atoms with van der Waals surface area (Å²) in [6.07, 6.45) is -2.69. The van der Waals surface area contributed by atoms with Crippen molar-refractivity contribution in [3.8, 4) is 0 Å². The van der Waals surface area contributed by atoms with Gasteiger partial charge >= 0.3 is 18.0 Å². The molecule has 0 aromatic carbocycles. The fourth-order valence-electron chi connectivity index (χ4n) is 1.90. The van der Waals surface area contributed by atoms with Crippen LogP contribution in [-0.4, -0.2) is 88.3 Å². The lowest BCUT2D eigenvalue weighted by Gasteiger charge is -2.31. The minimum Gasteiger partial charge on any atom is -0.481 e. The van der Waals surface area contributed by atoms with Crippen LogP contribution in [0, 0.1) is 0 Å². The first-order chi connectivity index (χ1) is 11.1. The van der Waals surface area contributed by atoms with Crippen molar-refractivity contribution >= 4 is 29.8 Å². The van der Waals surface area contributed by atoms with Crippen molar-refractivity contribution in [1.29, 1.82) is 0 Å². The number of hydrogen-bond acceptors (Lipinski definition) is 7. The SMILES string of the molecule is CN(C)C(=O)N(CCOC(=O)CCC(=O)O)N1C(=O)CC(O)C1=O. The number of rotatable bonds is 7. The van der Waals surface area contributed by atoms with Gasteiger partial charge in [0.15, 0.2) is 0 Å². The van der Waals surface area contributed by atoms with Crippen molar-refractivity contribution < 1.29 is 38.9 Å². The molecule has 0 aromatic rings. The van der Waals surface area contributed by atoms with Gasteiger partial charge in [0.05, 0.1) is 25.8 Å². The number of carbonyl (C=O) groups excluding carboxylic acids is 4. The van der Waals surface area contributed by atoms with E-state index in [2.05, 4.69) is 0 Å². The van der Waals surface area contributed by atoms with E-state index in [4.69, 9.17) is 9.84 Å². The van der Waals surface area contributed by atoms with Gasteiger partial charge in [0.2, 0.25) is 0 Å². The molecule has 1 rings (SSSR count). The number of hydrazine groups is 1. The Balaban J connectivity index is 2.69. The van der Waals surface area contributed by atoms with Crippen LogP contribution >= 0.6 is 0 Å². The molecule has 0 aromatic heterocycles. The minimum atomic E-state index is -1.52. The zero-order valence-electron chi connectivity index (χ0n) is 13.3. The summed E-state index contributed by atoms with van der Waals surface area (Å²) in [5.74, 6) is -3.63. The summed E-state index contributed by atoms with van der Waals surface area (Å²) in [6, 6.07) is -0.715. The van der Waals surface area contributed by atoms with Crippen LogP contribution in [0.1, 0.15) is 19.3 Å². The Morgan fingerprint density at radius 1 is 1.25 bits per heavy atom. The van der Waals surface area contributed by atoms with Crippen molar-refractivity contribution in [3.05, 3.63) is 0 Å². The number of ether oxygens (including phenoxy) is 1. The Morgan fingerprint density at radius 2 is 1.88 bits per heavy atom. The summed E-state index contributed by atoms with van der Waals surface area (Å²) in [5.41, 5.74) is 0. The van der Waals surface area contributed by atoms with Crippen LogP contribution in [0.4, 0.5) is 4.79 Å². The van der Waals surface area contributed by atoms with E-state index in [0.29, 0.717) is 5.01 Å². The molecule has 0 aliphatic carbocycles. The summed E-state index contributed by atoms with van der Waals surface area (Å²) in [5, 5.41) is 19.2. The van der Waals surface area contributed by atoms with E-state index in [1.807, 2.05) is 0 Å². The number of esters is 1. The van der Waals surface area contributed by atoms with Gasteiger partial charge in [-0.05, 0) is 0 Å². The predicted molar refractivity (Wildman–Crippen MR) is 76.1 cm³/mol. The van der Waals surface area contributed by atoms with Gasteiger partial charge in [0.25, 0.3) is 11.8 Å². The van der Waals surface area contributed by atoms with Crippen LogP contribution in [0.25, 0.3) is 0 Å². The Labute approximate surface area is 137 Å². The molecule has 1 atom stereocenters. The molecule has 1 unspecified atom stereocenters. The number of aliphatic carboxylic acids is 1. The normalized spacial score (nSPS) is 17.0. The standard InChI is InChI=1S/C13H19N3O8/c1-14(2)13(23)15(16-9(18)7-8(17)12(16)22)5-6-24-11(21)4-3-10(19)20/h8,17H,3-7H2,1-2H3,(H,19,20). The van der Waals surface area contributed by atoms with Crippen molar-refractivity contribution in [2.24, 2.45) is 0 Å². The van der Waals surface area contributed by atoms with Gasteiger partial charge < -0.3 is 19.8 Å². The second-order valence-electron chi connectivity index (χ2n) is 5.18. The topological polar surface area (TPSA) is 145 Å². The van der Waals surface area contributed by atoms with E-state index >= 15 is 0 Å². The minimum absolute atomic E-state index is 0.306. The van der Waals surface area contributed by atoms with Gasteiger partial charge in [-0.15, -0.1) is 0 Å². The molecule has 0 radical (unpaired) electrons. The maximum atomic E-state index is 12.1. The third kappa shape index (κ3) is 4.91. The first-order valence-electron chi connectivity index (χ1n) is 7.06. The molecule has 134 valence electrons. The molecule has 0 saturated carbocycles. The van der Waals surface area contributed by atoms with E-state index < -0.39 is 48.7 Å². The van der Waals surface area contributed by atoms with Crippen LogP contribution in [0.15, 0.2) is 0 Å². The quantitative estimate of drug-likeness (QED) is 0.415. The summed E-state index contributed by atoms with van der Waals surface area (Å²) < 4.78 is 4.78. The lowest BCUT2D eigenvalue weighted by molar-refractivity contribution is -0.157. The monoisotopic (exact) mass is 345 g/mol. The average Bonchev–Trinajstić information content (AvgIpc) is 2.74. The highest BCUT2D eigenvalue weighted by atomic mass is 16.5. The maximum absolute atomic E-state index is 12.1. The maximum Gasteiger partial charge on any atom is 0.338 e. The summed E-state index contributed by atoms with van der Waals surface area (Å²) in [6.45, 7) is -0.648. The molecule has 11 nitrogen and oxygen atoms in total. The second-order valence-corrected chi connectivity index (χ2v) is 5.18. The lowest BCUT2D eigenvalue weighted by atomic mass is 10.3. The molecule has 1 saturated heterocycles. The summed E-state index contributed by atoms with van der Waals surface area (Å²) in [4.78, 5) is 58.6. The van der Waals surface area contributed by atoms with Gasteiger partial charge in [-0.25, -0.2) is 9.80 Å². The number of amides is 4. The largest absolute Gasteiger partial charge is 0.481 e. The Morgan fingerprint density at radius 3 is 2.33 bits per heavy atom. The van der Waals surface area contributed by atoms with E-state index in [0.717, 1.165) is 9.91 Å². The number of hydrogen-bond donors (Lipinski definition) is 2. The van der Waals surface area contributed by atoms with Gasteiger partial charge in [0, 0.05) is 14.1 Å². The molecule has 1 aliphatic rings. The Kier molecular flexibility index (Phi) is 6.65.